The Morgan fingerprint density at radius 2 is 1.95 bits per heavy atom. The molecule has 1 aromatic rings. The molecular formula is C14H19NO4S. The van der Waals surface area contributed by atoms with E-state index in [2.05, 4.69) is 5.32 Å². The Morgan fingerprint density at radius 3 is 2.50 bits per heavy atom. The molecular weight excluding hydrogens is 278 g/mol. The maximum atomic E-state index is 11.4. The van der Waals surface area contributed by atoms with Crippen molar-refractivity contribution in [2.24, 2.45) is 0 Å². The maximum absolute atomic E-state index is 11.4. The minimum absolute atomic E-state index is 0.0118. The van der Waals surface area contributed by atoms with Crippen LogP contribution in [0.1, 0.15) is 18.5 Å². The van der Waals surface area contributed by atoms with Crippen LogP contribution in [-0.4, -0.2) is 34.4 Å². The van der Waals surface area contributed by atoms with Gasteiger partial charge in [-0.2, -0.15) is 0 Å². The summed E-state index contributed by atoms with van der Waals surface area (Å²) in [6, 6.07) is 5.53. The lowest BCUT2D eigenvalue weighted by Gasteiger charge is -2.19. The van der Waals surface area contributed by atoms with E-state index in [1.54, 1.807) is 20.3 Å². The predicted molar refractivity (Wildman–Crippen MR) is 77.8 cm³/mol. The van der Waals surface area contributed by atoms with Crippen LogP contribution in [0, 0.1) is 0 Å². The molecule has 0 aromatic heterocycles. The number of hydrogen-bond donors (Lipinski definition) is 1. The highest BCUT2D eigenvalue weighted by atomic mass is 32.2. The van der Waals surface area contributed by atoms with Gasteiger partial charge >= 0.3 is 0 Å². The Hall–Kier alpha value is -1.53. The molecule has 1 aliphatic rings. The molecule has 0 saturated heterocycles. The van der Waals surface area contributed by atoms with E-state index >= 15 is 0 Å². The molecule has 110 valence electrons. The monoisotopic (exact) mass is 297 g/mol. The molecule has 0 radical (unpaired) electrons. The summed E-state index contributed by atoms with van der Waals surface area (Å²) >= 11 is 0. The standard InChI is InChI=1S/C14H19NO4S/c1-10(15-12-6-7-20(16,17)9-12)11-4-5-13(18-2)14(8-11)19-3/h4-8,10,12,15H,9H2,1-3H3. The maximum Gasteiger partial charge on any atom is 0.173 e. The molecule has 20 heavy (non-hydrogen) atoms. The number of methoxy groups -OCH3 is 2. The molecule has 1 heterocycles. The van der Waals surface area contributed by atoms with Gasteiger partial charge in [0.1, 0.15) is 0 Å². The van der Waals surface area contributed by atoms with Crippen molar-refractivity contribution in [3.05, 3.63) is 35.2 Å². The Kier molecular flexibility index (Phi) is 4.35. The molecule has 0 saturated carbocycles. The lowest BCUT2D eigenvalue weighted by molar-refractivity contribution is 0.354. The van der Waals surface area contributed by atoms with Crippen molar-refractivity contribution in [1.82, 2.24) is 5.32 Å². The SMILES string of the molecule is COc1ccc(C(C)NC2C=CS(=O)(=O)C2)cc1OC. The van der Waals surface area contributed by atoms with Gasteiger partial charge in [-0.1, -0.05) is 12.1 Å². The Balaban J connectivity index is 2.10. The van der Waals surface area contributed by atoms with Gasteiger partial charge in [0.05, 0.1) is 20.0 Å². The van der Waals surface area contributed by atoms with Crippen molar-refractivity contribution in [3.8, 4) is 11.5 Å². The van der Waals surface area contributed by atoms with Crippen molar-refractivity contribution in [3.63, 3.8) is 0 Å². The summed E-state index contributed by atoms with van der Waals surface area (Å²) in [6.45, 7) is 1.99. The van der Waals surface area contributed by atoms with Crippen LogP contribution in [0.25, 0.3) is 0 Å². The summed E-state index contributed by atoms with van der Waals surface area (Å²) in [5.74, 6) is 1.45. The second kappa shape index (κ2) is 5.85. The average Bonchev–Trinajstić information content (AvgIpc) is 2.76. The van der Waals surface area contributed by atoms with Gasteiger partial charge in [0.25, 0.3) is 0 Å². The quantitative estimate of drug-likeness (QED) is 0.895. The molecule has 0 bridgehead atoms. The predicted octanol–water partition coefficient (Wildman–Crippen LogP) is 1.67. The highest BCUT2D eigenvalue weighted by Crippen LogP contribution is 2.30. The van der Waals surface area contributed by atoms with Gasteiger partial charge in [-0.25, -0.2) is 8.42 Å². The molecule has 1 aromatic carbocycles. The first kappa shape index (κ1) is 14.9. The lowest BCUT2D eigenvalue weighted by atomic mass is 10.1. The van der Waals surface area contributed by atoms with Crippen molar-refractivity contribution < 1.29 is 17.9 Å². The van der Waals surface area contributed by atoms with Crippen molar-refractivity contribution >= 4 is 9.84 Å². The average molecular weight is 297 g/mol. The second-order valence-corrected chi connectivity index (χ2v) is 6.70. The number of nitrogens with one attached hydrogen (secondary N) is 1. The zero-order chi connectivity index (χ0) is 14.8. The van der Waals surface area contributed by atoms with E-state index in [0.29, 0.717) is 11.5 Å². The van der Waals surface area contributed by atoms with Gasteiger partial charge in [0.2, 0.25) is 0 Å². The van der Waals surface area contributed by atoms with Crippen molar-refractivity contribution in [1.29, 1.82) is 0 Å². The van der Waals surface area contributed by atoms with Crippen LogP contribution in [-0.2, 0) is 9.84 Å². The zero-order valence-corrected chi connectivity index (χ0v) is 12.6. The van der Waals surface area contributed by atoms with E-state index in [1.807, 2.05) is 25.1 Å². The van der Waals surface area contributed by atoms with E-state index in [9.17, 15) is 8.42 Å². The number of benzene rings is 1. The molecule has 2 unspecified atom stereocenters. The van der Waals surface area contributed by atoms with Crippen molar-refractivity contribution in [2.75, 3.05) is 20.0 Å². The summed E-state index contributed by atoms with van der Waals surface area (Å²) in [5.41, 5.74) is 1.01. The van der Waals surface area contributed by atoms with Gasteiger partial charge in [-0.3, -0.25) is 0 Å². The Labute approximate surface area is 119 Å². The third-order valence-corrected chi connectivity index (χ3v) is 4.70. The largest absolute Gasteiger partial charge is 0.493 e. The molecule has 5 nitrogen and oxygen atoms in total. The molecule has 0 fully saturated rings. The van der Waals surface area contributed by atoms with Gasteiger partial charge in [-0.05, 0) is 24.6 Å². The number of ether oxygens (including phenoxy) is 2. The normalized spacial score (nSPS) is 21.6. The van der Waals surface area contributed by atoms with Crippen LogP contribution in [0.5, 0.6) is 11.5 Å². The minimum Gasteiger partial charge on any atom is -0.493 e. The highest BCUT2D eigenvalue weighted by molar-refractivity contribution is 7.94. The van der Waals surface area contributed by atoms with Crippen LogP contribution in [0.3, 0.4) is 0 Å². The minimum atomic E-state index is -3.03. The van der Waals surface area contributed by atoms with Gasteiger partial charge in [-0.15, -0.1) is 0 Å². The molecule has 0 spiro atoms. The summed E-state index contributed by atoms with van der Waals surface area (Å²) in [5, 5.41) is 4.55. The highest BCUT2D eigenvalue weighted by Gasteiger charge is 2.23. The fourth-order valence-electron chi connectivity index (χ4n) is 2.22. The first-order chi connectivity index (χ1) is 9.45. The number of rotatable bonds is 5. The first-order valence-electron chi connectivity index (χ1n) is 6.34. The molecule has 0 aliphatic carbocycles. The smallest absolute Gasteiger partial charge is 0.173 e. The van der Waals surface area contributed by atoms with Crippen molar-refractivity contribution in [2.45, 2.75) is 19.0 Å². The van der Waals surface area contributed by atoms with Crippen LogP contribution in [0.15, 0.2) is 29.7 Å². The summed E-state index contributed by atoms with van der Waals surface area (Å²) in [4.78, 5) is 0. The van der Waals surface area contributed by atoms with Gasteiger partial charge < -0.3 is 14.8 Å². The molecule has 6 heteroatoms. The number of sulfone groups is 1. The van der Waals surface area contributed by atoms with Crippen LogP contribution < -0.4 is 14.8 Å². The van der Waals surface area contributed by atoms with E-state index in [-0.39, 0.29) is 17.8 Å². The zero-order valence-electron chi connectivity index (χ0n) is 11.8. The Bertz CT molecular complexity index is 610. The van der Waals surface area contributed by atoms with Crippen LogP contribution >= 0.6 is 0 Å². The van der Waals surface area contributed by atoms with E-state index in [1.165, 1.54) is 5.41 Å². The molecule has 1 N–H and O–H groups in total. The van der Waals surface area contributed by atoms with E-state index in [0.717, 1.165) is 5.56 Å². The Morgan fingerprint density at radius 1 is 1.25 bits per heavy atom. The number of hydrogen-bond acceptors (Lipinski definition) is 5. The fraction of sp³-hybridized carbons (Fsp3) is 0.429. The lowest BCUT2D eigenvalue weighted by Crippen LogP contribution is -2.32. The van der Waals surface area contributed by atoms with Crippen LogP contribution in [0.4, 0.5) is 0 Å². The molecule has 1 aliphatic heterocycles. The van der Waals surface area contributed by atoms with Gasteiger partial charge in [0.15, 0.2) is 21.3 Å². The topological polar surface area (TPSA) is 64.6 Å². The summed E-state index contributed by atoms with van der Waals surface area (Å²) < 4.78 is 33.2. The van der Waals surface area contributed by atoms with E-state index < -0.39 is 9.84 Å². The fourth-order valence-corrected chi connectivity index (χ4v) is 3.47. The molecule has 2 rings (SSSR count). The molecule has 0 amide bonds. The van der Waals surface area contributed by atoms with Gasteiger partial charge in [0, 0.05) is 17.5 Å². The molecule has 2 atom stereocenters. The first-order valence-corrected chi connectivity index (χ1v) is 8.05. The summed E-state index contributed by atoms with van der Waals surface area (Å²) in [6.07, 6.45) is 1.69. The van der Waals surface area contributed by atoms with Crippen LogP contribution in [0.2, 0.25) is 0 Å². The second-order valence-electron chi connectivity index (χ2n) is 4.77. The third kappa shape index (κ3) is 3.32. The summed E-state index contributed by atoms with van der Waals surface area (Å²) in [7, 11) is 0.145. The van der Waals surface area contributed by atoms with E-state index in [4.69, 9.17) is 9.47 Å². The third-order valence-electron chi connectivity index (χ3n) is 3.30.